The number of benzene rings is 2. The van der Waals surface area contributed by atoms with Gasteiger partial charge in [0.1, 0.15) is 24.0 Å². The Labute approximate surface area is 217 Å². The molecule has 0 radical (unpaired) electrons. The molecule has 2 aromatic carbocycles. The molecule has 0 saturated carbocycles. The number of rotatable bonds is 8. The smallest absolute Gasteiger partial charge is 0.237 e. The van der Waals surface area contributed by atoms with Gasteiger partial charge in [-0.2, -0.15) is 0 Å². The highest BCUT2D eigenvalue weighted by atomic mass is 35.5. The Morgan fingerprint density at radius 3 is 2.89 bits per heavy atom. The first-order valence-electron chi connectivity index (χ1n) is 11.6. The van der Waals surface area contributed by atoms with Gasteiger partial charge in [-0.1, -0.05) is 17.7 Å². The first kappa shape index (κ1) is 24.8. The van der Waals surface area contributed by atoms with E-state index in [0.717, 1.165) is 0 Å². The predicted molar refractivity (Wildman–Crippen MR) is 137 cm³/mol. The van der Waals surface area contributed by atoms with Gasteiger partial charge in [0.05, 0.1) is 42.2 Å². The second kappa shape index (κ2) is 10.6. The second-order valence-corrected chi connectivity index (χ2v) is 9.10. The number of nitrogens with one attached hydrogen (secondary N) is 2. The number of fused-ring (bicyclic) bond motifs is 1. The molecule has 1 saturated heterocycles. The molecular weight excluding hydrogens is 501 g/mol. The van der Waals surface area contributed by atoms with Crippen LogP contribution in [-0.2, 0) is 11.3 Å². The van der Waals surface area contributed by atoms with Crippen LogP contribution in [0.5, 0.6) is 11.5 Å². The third-order valence-electron chi connectivity index (χ3n) is 6.25. The number of nitrogens with zero attached hydrogens (tertiary/aromatic N) is 3. The molecule has 2 N–H and O–H groups in total. The first-order chi connectivity index (χ1) is 17.9. The Kier molecular flexibility index (Phi) is 7.11. The second-order valence-electron chi connectivity index (χ2n) is 8.70. The largest absolute Gasteiger partial charge is 0.493 e. The number of methoxy groups -OCH3 is 1. The number of carbonyl (C=O) groups excluding carboxylic acids is 1. The summed E-state index contributed by atoms with van der Waals surface area (Å²) in [5, 5.41) is 6.51. The molecule has 0 spiro atoms. The average Bonchev–Trinajstić information content (AvgIpc) is 3.55. The van der Waals surface area contributed by atoms with Crippen molar-refractivity contribution in [2.75, 3.05) is 26.0 Å². The molecule has 0 bridgehead atoms. The Hall–Kier alpha value is -3.89. The number of likely N-dealkylation sites (tertiary alicyclic amines) is 1. The summed E-state index contributed by atoms with van der Waals surface area (Å²) in [6, 6.07) is 11.4. The number of likely N-dealkylation sites (N-methyl/N-ethyl adjacent to an activating group) is 1. The van der Waals surface area contributed by atoms with Crippen molar-refractivity contribution in [3.05, 3.63) is 71.7 Å². The van der Waals surface area contributed by atoms with E-state index in [1.54, 1.807) is 43.7 Å². The summed E-state index contributed by atoms with van der Waals surface area (Å²) < 4.78 is 31.7. The van der Waals surface area contributed by atoms with E-state index >= 15 is 0 Å². The molecule has 1 aliphatic rings. The summed E-state index contributed by atoms with van der Waals surface area (Å²) in [5.41, 5.74) is 0.773. The molecule has 4 aromatic rings. The molecule has 3 heterocycles. The number of hydrogen-bond donors (Lipinski definition) is 2. The van der Waals surface area contributed by atoms with Crippen molar-refractivity contribution < 1.29 is 23.1 Å². The van der Waals surface area contributed by atoms with Crippen molar-refractivity contribution in [2.24, 2.45) is 0 Å². The molecule has 1 fully saturated rings. The van der Waals surface area contributed by atoms with Crippen LogP contribution in [0.4, 0.5) is 15.9 Å². The Morgan fingerprint density at radius 2 is 2.11 bits per heavy atom. The number of amides is 1. The van der Waals surface area contributed by atoms with Gasteiger partial charge in [-0.15, -0.1) is 0 Å². The maximum Gasteiger partial charge on any atom is 0.237 e. The topological polar surface area (TPSA) is 102 Å². The summed E-state index contributed by atoms with van der Waals surface area (Å²) in [6.07, 6.45) is 3.18. The van der Waals surface area contributed by atoms with E-state index < -0.39 is 5.82 Å². The molecule has 0 unspecified atom stereocenters. The predicted octanol–water partition coefficient (Wildman–Crippen LogP) is 4.54. The minimum Gasteiger partial charge on any atom is -0.493 e. The van der Waals surface area contributed by atoms with Crippen LogP contribution in [-0.4, -0.2) is 53.6 Å². The van der Waals surface area contributed by atoms with Crippen LogP contribution in [0, 0.1) is 5.82 Å². The van der Waals surface area contributed by atoms with Crippen LogP contribution in [0.15, 0.2) is 59.5 Å². The SMILES string of the molecule is COc1cc2ncnc(Nc3cccc(Cl)c3F)c2cc1O[C@H]1C[C@H](C(=O)NCc2ccco2)N(C)C1. The number of hydrogen-bond acceptors (Lipinski definition) is 8. The molecule has 2 aromatic heterocycles. The lowest BCUT2D eigenvalue weighted by atomic mass is 10.1. The zero-order chi connectivity index (χ0) is 25.9. The van der Waals surface area contributed by atoms with E-state index in [1.807, 2.05) is 18.0 Å². The van der Waals surface area contributed by atoms with Crippen LogP contribution < -0.4 is 20.1 Å². The number of anilines is 2. The standard InChI is InChI=1S/C26H25ClFN5O4/c1-33-13-16(9-21(33)26(34)29-12-15-5-4-8-36-15)37-23-10-17-20(11-22(23)35-2)30-14-31-25(17)32-19-7-3-6-18(27)24(19)28/h3-8,10-11,14,16,21H,9,12-13H2,1-2H3,(H,29,34)(H,30,31,32)/t16-,21+/m0/s1. The maximum absolute atomic E-state index is 14.5. The van der Waals surface area contributed by atoms with Gasteiger partial charge in [-0.25, -0.2) is 14.4 Å². The molecule has 37 heavy (non-hydrogen) atoms. The van der Waals surface area contributed by atoms with Crippen molar-refractivity contribution >= 4 is 39.9 Å². The summed E-state index contributed by atoms with van der Waals surface area (Å²) in [5.74, 6) is 1.35. The van der Waals surface area contributed by atoms with Gasteiger partial charge in [-0.05, 0) is 37.4 Å². The number of aromatic nitrogens is 2. The van der Waals surface area contributed by atoms with E-state index in [2.05, 4.69) is 20.6 Å². The van der Waals surface area contributed by atoms with Crippen molar-refractivity contribution in [1.29, 1.82) is 0 Å². The average molecular weight is 526 g/mol. The fraction of sp³-hybridized carbons (Fsp3) is 0.269. The van der Waals surface area contributed by atoms with Crippen LogP contribution in [0.3, 0.4) is 0 Å². The number of halogens is 2. The normalized spacial score (nSPS) is 17.6. The van der Waals surface area contributed by atoms with E-state index in [4.69, 9.17) is 25.5 Å². The van der Waals surface area contributed by atoms with Crippen LogP contribution >= 0.6 is 11.6 Å². The highest BCUT2D eigenvalue weighted by Gasteiger charge is 2.36. The summed E-state index contributed by atoms with van der Waals surface area (Å²) in [6.45, 7) is 0.868. The Balaban J connectivity index is 1.35. The van der Waals surface area contributed by atoms with Gasteiger partial charge in [0.25, 0.3) is 0 Å². The third kappa shape index (κ3) is 5.30. The summed E-state index contributed by atoms with van der Waals surface area (Å²) in [7, 11) is 3.43. The van der Waals surface area contributed by atoms with Crippen molar-refractivity contribution in [1.82, 2.24) is 20.2 Å². The quantitative estimate of drug-likeness (QED) is 0.346. The number of furan rings is 1. The minimum absolute atomic E-state index is 0.00200. The minimum atomic E-state index is -0.578. The first-order valence-corrected chi connectivity index (χ1v) is 12.0. The molecule has 1 aliphatic heterocycles. The van der Waals surface area contributed by atoms with Crippen LogP contribution in [0.1, 0.15) is 12.2 Å². The highest BCUT2D eigenvalue weighted by Crippen LogP contribution is 2.37. The van der Waals surface area contributed by atoms with Gasteiger partial charge < -0.3 is 24.5 Å². The zero-order valence-electron chi connectivity index (χ0n) is 20.2. The molecule has 2 atom stereocenters. The van der Waals surface area contributed by atoms with Gasteiger partial charge in [-0.3, -0.25) is 9.69 Å². The number of carbonyl (C=O) groups is 1. The molecule has 0 aliphatic carbocycles. The molecule has 1 amide bonds. The van der Waals surface area contributed by atoms with Crippen LogP contribution in [0.25, 0.3) is 10.9 Å². The monoisotopic (exact) mass is 525 g/mol. The summed E-state index contributed by atoms with van der Waals surface area (Å²) in [4.78, 5) is 23.3. The zero-order valence-corrected chi connectivity index (χ0v) is 21.0. The molecule has 5 rings (SSSR count). The van der Waals surface area contributed by atoms with E-state index in [0.29, 0.717) is 53.5 Å². The highest BCUT2D eigenvalue weighted by molar-refractivity contribution is 6.31. The lowest BCUT2D eigenvalue weighted by Crippen LogP contribution is -2.40. The molecular formula is C26H25ClFN5O4. The lowest BCUT2D eigenvalue weighted by Gasteiger charge is -2.17. The lowest BCUT2D eigenvalue weighted by molar-refractivity contribution is -0.125. The molecule has 11 heteroatoms. The van der Waals surface area contributed by atoms with Gasteiger partial charge in [0.15, 0.2) is 17.3 Å². The van der Waals surface area contributed by atoms with Gasteiger partial charge in [0, 0.05) is 24.4 Å². The fourth-order valence-corrected chi connectivity index (χ4v) is 4.55. The van der Waals surface area contributed by atoms with E-state index in [9.17, 15) is 9.18 Å². The maximum atomic E-state index is 14.5. The van der Waals surface area contributed by atoms with E-state index in [-0.39, 0.29) is 28.8 Å². The van der Waals surface area contributed by atoms with Crippen molar-refractivity contribution in [3.8, 4) is 11.5 Å². The van der Waals surface area contributed by atoms with Crippen molar-refractivity contribution in [3.63, 3.8) is 0 Å². The number of ether oxygens (including phenoxy) is 2. The van der Waals surface area contributed by atoms with Crippen molar-refractivity contribution in [2.45, 2.75) is 25.1 Å². The third-order valence-corrected chi connectivity index (χ3v) is 6.54. The Morgan fingerprint density at radius 1 is 1.24 bits per heavy atom. The van der Waals surface area contributed by atoms with E-state index in [1.165, 1.54) is 12.4 Å². The molecule has 192 valence electrons. The van der Waals surface area contributed by atoms with Crippen LogP contribution in [0.2, 0.25) is 5.02 Å². The summed E-state index contributed by atoms with van der Waals surface area (Å²) >= 11 is 5.93. The molecule has 9 nitrogen and oxygen atoms in total. The van der Waals surface area contributed by atoms with Gasteiger partial charge in [0.2, 0.25) is 5.91 Å². The van der Waals surface area contributed by atoms with Gasteiger partial charge >= 0.3 is 0 Å². The Bertz CT molecular complexity index is 1420. The fourth-order valence-electron chi connectivity index (χ4n) is 4.37.